The Balaban J connectivity index is 1.74. The minimum absolute atomic E-state index is 0.144. The number of esters is 1. The Hall–Kier alpha value is -2.01. The second-order valence-corrected chi connectivity index (χ2v) is 6.71. The molecule has 5 heteroatoms. The molecule has 0 aliphatic heterocycles. The van der Waals surface area contributed by atoms with Gasteiger partial charge in [-0.1, -0.05) is 0 Å². The summed E-state index contributed by atoms with van der Waals surface area (Å²) in [7, 11) is 0. The highest BCUT2D eigenvalue weighted by Crippen LogP contribution is 2.41. The standard InChI is InChI=1S/C20H24FNO3/c1-2-25-20(24)18(12-23)14-5-3-13(4-6-14)16-9-10-22-19-8-7-15(21)11-17(16)19/h7-11,13-14,18,23H,2-6,12H2,1H3. The average molecular weight is 345 g/mol. The third kappa shape index (κ3) is 3.82. The molecule has 1 aromatic carbocycles. The van der Waals surface area contributed by atoms with Gasteiger partial charge in [-0.2, -0.15) is 0 Å². The van der Waals surface area contributed by atoms with E-state index in [0.29, 0.717) is 12.5 Å². The number of fused-ring (bicyclic) bond motifs is 1. The predicted octanol–water partition coefficient (Wildman–Crippen LogP) is 3.82. The van der Waals surface area contributed by atoms with Crippen LogP contribution in [0.5, 0.6) is 0 Å². The van der Waals surface area contributed by atoms with Crippen LogP contribution in [0.3, 0.4) is 0 Å². The molecule has 134 valence electrons. The summed E-state index contributed by atoms with van der Waals surface area (Å²) in [4.78, 5) is 16.3. The van der Waals surface area contributed by atoms with Gasteiger partial charge in [0.25, 0.3) is 0 Å². The van der Waals surface area contributed by atoms with Crippen LogP contribution in [0.25, 0.3) is 10.9 Å². The van der Waals surface area contributed by atoms with Gasteiger partial charge in [-0.25, -0.2) is 4.39 Å². The summed E-state index contributed by atoms with van der Waals surface area (Å²) in [5.41, 5.74) is 1.93. The van der Waals surface area contributed by atoms with Crippen molar-refractivity contribution in [1.29, 1.82) is 0 Å². The average Bonchev–Trinajstić information content (AvgIpc) is 2.63. The van der Waals surface area contributed by atoms with E-state index >= 15 is 0 Å². The van der Waals surface area contributed by atoms with Crippen LogP contribution in [0.4, 0.5) is 4.39 Å². The quantitative estimate of drug-likeness (QED) is 0.837. The van der Waals surface area contributed by atoms with Crippen molar-refractivity contribution in [2.24, 2.45) is 11.8 Å². The lowest BCUT2D eigenvalue weighted by molar-refractivity contribution is -0.152. The summed E-state index contributed by atoms with van der Waals surface area (Å²) in [6, 6.07) is 6.67. The third-order valence-electron chi connectivity index (χ3n) is 5.30. The number of carbonyl (C=O) groups is 1. The van der Waals surface area contributed by atoms with E-state index in [1.807, 2.05) is 6.07 Å². The van der Waals surface area contributed by atoms with Crippen LogP contribution >= 0.6 is 0 Å². The zero-order chi connectivity index (χ0) is 17.8. The molecule has 1 heterocycles. The molecule has 1 fully saturated rings. The van der Waals surface area contributed by atoms with Crippen molar-refractivity contribution in [3.63, 3.8) is 0 Å². The second kappa shape index (κ2) is 7.91. The first-order valence-electron chi connectivity index (χ1n) is 8.95. The van der Waals surface area contributed by atoms with Crippen LogP contribution in [0, 0.1) is 17.7 Å². The fourth-order valence-electron chi connectivity index (χ4n) is 3.99. The minimum atomic E-state index is -0.437. The Labute approximate surface area is 147 Å². The number of aliphatic hydroxyl groups excluding tert-OH is 1. The van der Waals surface area contributed by atoms with Gasteiger partial charge in [-0.3, -0.25) is 9.78 Å². The van der Waals surface area contributed by atoms with Gasteiger partial charge in [-0.05, 0) is 74.3 Å². The summed E-state index contributed by atoms with van der Waals surface area (Å²) in [5, 5.41) is 10.4. The molecule has 0 amide bonds. The second-order valence-electron chi connectivity index (χ2n) is 6.71. The lowest BCUT2D eigenvalue weighted by Gasteiger charge is -2.32. The Kier molecular flexibility index (Phi) is 5.63. The summed E-state index contributed by atoms with van der Waals surface area (Å²) in [5.74, 6) is -0.522. The van der Waals surface area contributed by atoms with Crippen LogP contribution in [-0.4, -0.2) is 29.3 Å². The largest absolute Gasteiger partial charge is 0.466 e. The molecule has 1 aliphatic rings. The molecule has 2 aromatic rings. The molecule has 0 spiro atoms. The molecule has 1 aliphatic carbocycles. The first kappa shape index (κ1) is 17.8. The molecular weight excluding hydrogens is 321 g/mol. The van der Waals surface area contributed by atoms with E-state index in [-0.39, 0.29) is 24.3 Å². The number of benzene rings is 1. The van der Waals surface area contributed by atoms with Gasteiger partial charge < -0.3 is 9.84 Å². The molecule has 1 N–H and O–H groups in total. The molecule has 1 atom stereocenters. The lowest BCUT2D eigenvalue weighted by Crippen LogP contribution is -2.31. The fourth-order valence-corrected chi connectivity index (χ4v) is 3.99. The van der Waals surface area contributed by atoms with Crippen molar-refractivity contribution < 1.29 is 19.0 Å². The summed E-state index contributed by atoms with van der Waals surface area (Å²) >= 11 is 0. The SMILES string of the molecule is CCOC(=O)C(CO)C1CCC(c2ccnc3ccc(F)cc23)CC1. The maximum atomic E-state index is 13.7. The molecule has 4 nitrogen and oxygen atoms in total. The topological polar surface area (TPSA) is 59.4 Å². The number of halogens is 1. The normalized spacial score (nSPS) is 21.9. The van der Waals surface area contributed by atoms with Gasteiger partial charge in [0.15, 0.2) is 0 Å². The van der Waals surface area contributed by atoms with Gasteiger partial charge in [0.05, 0.1) is 24.6 Å². The van der Waals surface area contributed by atoms with Gasteiger partial charge >= 0.3 is 5.97 Å². The minimum Gasteiger partial charge on any atom is -0.466 e. The van der Waals surface area contributed by atoms with Crippen molar-refractivity contribution in [1.82, 2.24) is 4.98 Å². The molecule has 3 rings (SSSR count). The van der Waals surface area contributed by atoms with Crippen molar-refractivity contribution in [3.8, 4) is 0 Å². The molecule has 1 unspecified atom stereocenters. The number of ether oxygens (including phenoxy) is 1. The van der Waals surface area contributed by atoms with Crippen LogP contribution in [0.1, 0.15) is 44.1 Å². The number of nitrogens with zero attached hydrogens (tertiary/aromatic N) is 1. The van der Waals surface area contributed by atoms with Gasteiger partial charge in [0, 0.05) is 11.6 Å². The Bertz CT molecular complexity index is 741. The molecular formula is C20H24FNO3. The van der Waals surface area contributed by atoms with E-state index < -0.39 is 5.92 Å². The van der Waals surface area contributed by atoms with E-state index in [4.69, 9.17) is 4.74 Å². The monoisotopic (exact) mass is 345 g/mol. The number of carbonyl (C=O) groups excluding carboxylic acids is 1. The smallest absolute Gasteiger partial charge is 0.311 e. The maximum Gasteiger partial charge on any atom is 0.311 e. The van der Waals surface area contributed by atoms with Crippen LogP contribution in [0.15, 0.2) is 30.5 Å². The number of hydrogen-bond acceptors (Lipinski definition) is 4. The highest BCUT2D eigenvalue weighted by molar-refractivity contribution is 5.82. The number of pyridine rings is 1. The molecule has 0 bridgehead atoms. The Morgan fingerprint density at radius 1 is 1.32 bits per heavy atom. The molecule has 1 saturated carbocycles. The first-order chi connectivity index (χ1) is 12.1. The number of aromatic nitrogens is 1. The fraction of sp³-hybridized carbons (Fsp3) is 0.500. The Morgan fingerprint density at radius 2 is 2.08 bits per heavy atom. The van der Waals surface area contributed by atoms with Gasteiger partial charge in [0.1, 0.15) is 5.82 Å². The lowest BCUT2D eigenvalue weighted by atomic mass is 9.73. The van der Waals surface area contributed by atoms with E-state index in [1.165, 1.54) is 6.07 Å². The number of hydrogen-bond donors (Lipinski definition) is 1. The van der Waals surface area contributed by atoms with E-state index in [2.05, 4.69) is 4.98 Å². The summed E-state index contributed by atoms with van der Waals surface area (Å²) < 4.78 is 18.7. The molecule has 25 heavy (non-hydrogen) atoms. The maximum absolute atomic E-state index is 13.7. The van der Waals surface area contributed by atoms with E-state index in [0.717, 1.165) is 42.1 Å². The van der Waals surface area contributed by atoms with Crippen LogP contribution in [-0.2, 0) is 9.53 Å². The first-order valence-corrected chi connectivity index (χ1v) is 8.95. The van der Waals surface area contributed by atoms with Crippen molar-refractivity contribution in [2.45, 2.75) is 38.5 Å². The molecule has 0 saturated heterocycles. The van der Waals surface area contributed by atoms with Crippen molar-refractivity contribution in [2.75, 3.05) is 13.2 Å². The summed E-state index contributed by atoms with van der Waals surface area (Å²) in [6.07, 6.45) is 5.31. The van der Waals surface area contributed by atoms with Crippen LogP contribution in [0.2, 0.25) is 0 Å². The van der Waals surface area contributed by atoms with Crippen LogP contribution < -0.4 is 0 Å². The molecule has 1 aromatic heterocycles. The van der Waals surface area contributed by atoms with E-state index in [9.17, 15) is 14.3 Å². The van der Waals surface area contributed by atoms with Crippen molar-refractivity contribution >= 4 is 16.9 Å². The summed E-state index contributed by atoms with van der Waals surface area (Å²) in [6.45, 7) is 1.94. The highest BCUT2D eigenvalue weighted by atomic mass is 19.1. The van der Waals surface area contributed by atoms with Gasteiger partial charge in [0.2, 0.25) is 0 Å². The molecule has 0 radical (unpaired) electrons. The zero-order valence-corrected chi connectivity index (χ0v) is 14.5. The third-order valence-corrected chi connectivity index (χ3v) is 5.30. The number of rotatable bonds is 5. The highest BCUT2D eigenvalue weighted by Gasteiger charge is 2.33. The Morgan fingerprint density at radius 3 is 2.76 bits per heavy atom. The predicted molar refractivity (Wildman–Crippen MR) is 93.6 cm³/mol. The zero-order valence-electron chi connectivity index (χ0n) is 14.5. The van der Waals surface area contributed by atoms with E-state index in [1.54, 1.807) is 25.3 Å². The number of aliphatic hydroxyl groups is 1. The van der Waals surface area contributed by atoms with Crippen molar-refractivity contribution in [3.05, 3.63) is 41.8 Å². The van der Waals surface area contributed by atoms with Gasteiger partial charge in [-0.15, -0.1) is 0 Å².